The zero-order valence-electron chi connectivity index (χ0n) is 11.6. The van der Waals surface area contributed by atoms with Gasteiger partial charge in [-0.2, -0.15) is 4.72 Å². The normalized spacial score (nSPS) is 14.6. The Bertz CT molecular complexity index is 665. The van der Waals surface area contributed by atoms with Gasteiger partial charge in [-0.25, -0.2) is 21.6 Å². The fraction of sp³-hybridized carbons (Fsp3) is 0.417. The Labute approximate surface area is 124 Å². The number of rotatable bonds is 7. The molecule has 0 aliphatic rings. The fourth-order valence-electron chi connectivity index (χ4n) is 1.69. The number of nitrogens with one attached hydrogen (secondary N) is 1. The maximum Gasteiger partial charge on any atom is 0.305 e. The number of methoxy groups -OCH3 is 1. The molecule has 0 amide bonds. The molecular formula is C12H14F3NO5S. The summed E-state index contributed by atoms with van der Waals surface area (Å²) < 4.78 is 70.4. The highest BCUT2D eigenvalue weighted by Crippen LogP contribution is 2.27. The van der Waals surface area contributed by atoms with Gasteiger partial charge in [-0.15, -0.1) is 0 Å². The number of halogens is 3. The highest BCUT2D eigenvalue weighted by atomic mass is 32.2. The standard InChI is InChI=1S/C12H14F3NO5S/c1-12(11(14)15,6-9(17)18)16-22(19,20)8-5-3-4-7(21-2)10(8)13/h3-5,11,16H,6H2,1-2H3,(H,17,18). The van der Waals surface area contributed by atoms with E-state index in [1.165, 1.54) is 0 Å². The van der Waals surface area contributed by atoms with Crippen LogP contribution in [0.5, 0.6) is 5.75 Å². The molecule has 0 radical (unpaired) electrons. The second kappa shape index (κ2) is 6.53. The van der Waals surface area contributed by atoms with Crippen molar-refractivity contribution in [2.45, 2.75) is 30.2 Å². The van der Waals surface area contributed by atoms with E-state index in [0.29, 0.717) is 0 Å². The lowest BCUT2D eigenvalue weighted by Gasteiger charge is -2.28. The van der Waals surface area contributed by atoms with Crippen molar-refractivity contribution in [2.75, 3.05) is 7.11 Å². The lowest BCUT2D eigenvalue weighted by atomic mass is 10.0. The van der Waals surface area contributed by atoms with Crippen LogP contribution in [0.3, 0.4) is 0 Å². The van der Waals surface area contributed by atoms with Crippen LogP contribution in [-0.2, 0) is 14.8 Å². The van der Waals surface area contributed by atoms with Crippen molar-refractivity contribution in [3.63, 3.8) is 0 Å². The molecule has 10 heteroatoms. The Morgan fingerprint density at radius 1 is 1.45 bits per heavy atom. The van der Waals surface area contributed by atoms with E-state index in [1.807, 2.05) is 0 Å². The molecule has 0 heterocycles. The number of alkyl halides is 2. The number of ether oxygens (including phenoxy) is 1. The molecule has 0 saturated heterocycles. The molecule has 1 rings (SSSR count). The van der Waals surface area contributed by atoms with Crippen LogP contribution in [0.1, 0.15) is 13.3 Å². The van der Waals surface area contributed by atoms with Crippen LogP contribution in [0.15, 0.2) is 23.1 Å². The predicted molar refractivity (Wildman–Crippen MR) is 69.9 cm³/mol. The minimum Gasteiger partial charge on any atom is -0.494 e. The first-order valence-corrected chi connectivity index (χ1v) is 7.38. The minimum atomic E-state index is -4.72. The Morgan fingerprint density at radius 2 is 2.05 bits per heavy atom. The number of carboxylic acids is 1. The molecule has 1 aromatic rings. The summed E-state index contributed by atoms with van der Waals surface area (Å²) in [6.45, 7) is 0.724. The van der Waals surface area contributed by atoms with Crippen LogP contribution in [-0.4, -0.2) is 38.6 Å². The van der Waals surface area contributed by atoms with E-state index in [1.54, 1.807) is 4.72 Å². The maximum absolute atomic E-state index is 14.0. The van der Waals surface area contributed by atoms with Gasteiger partial charge in [-0.1, -0.05) is 6.07 Å². The van der Waals surface area contributed by atoms with Gasteiger partial charge in [0.25, 0.3) is 6.43 Å². The Morgan fingerprint density at radius 3 is 2.50 bits per heavy atom. The number of carbonyl (C=O) groups is 1. The molecule has 2 N–H and O–H groups in total. The summed E-state index contributed by atoms with van der Waals surface area (Å²) in [5, 5.41) is 8.64. The van der Waals surface area contributed by atoms with Crippen molar-refractivity contribution in [2.24, 2.45) is 0 Å². The van der Waals surface area contributed by atoms with Crippen LogP contribution in [0.2, 0.25) is 0 Å². The first kappa shape index (κ1) is 18.2. The fourth-order valence-corrected chi connectivity index (χ4v) is 3.17. The monoisotopic (exact) mass is 341 g/mol. The van der Waals surface area contributed by atoms with Gasteiger partial charge in [-0.3, -0.25) is 4.79 Å². The van der Waals surface area contributed by atoms with Crippen molar-refractivity contribution >= 4 is 16.0 Å². The molecule has 0 fully saturated rings. The van der Waals surface area contributed by atoms with Gasteiger partial charge in [0.05, 0.1) is 13.5 Å². The highest BCUT2D eigenvalue weighted by molar-refractivity contribution is 7.89. The van der Waals surface area contributed by atoms with Crippen LogP contribution in [0, 0.1) is 5.82 Å². The zero-order chi connectivity index (χ0) is 17.1. The van der Waals surface area contributed by atoms with Gasteiger partial charge in [0.15, 0.2) is 11.6 Å². The topological polar surface area (TPSA) is 92.7 Å². The second-order valence-electron chi connectivity index (χ2n) is 4.67. The Balaban J connectivity index is 3.27. The zero-order valence-corrected chi connectivity index (χ0v) is 12.5. The Hall–Kier alpha value is -1.81. The smallest absolute Gasteiger partial charge is 0.305 e. The van der Waals surface area contributed by atoms with Crippen molar-refractivity contribution < 1.29 is 36.2 Å². The molecule has 1 atom stereocenters. The minimum absolute atomic E-state index is 0.389. The summed E-state index contributed by atoms with van der Waals surface area (Å²) >= 11 is 0. The van der Waals surface area contributed by atoms with E-state index in [9.17, 15) is 26.4 Å². The lowest BCUT2D eigenvalue weighted by molar-refractivity contribution is -0.140. The molecule has 0 aromatic heterocycles. The maximum atomic E-state index is 14.0. The molecule has 0 bridgehead atoms. The largest absolute Gasteiger partial charge is 0.494 e. The van der Waals surface area contributed by atoms with Gasteiger partial charge >= 0.3 is 5.97 Å². The van der Waals surface area contributed by atoms with Crippen LogP contribution >= 0.6 is 0 Å². The third-order valence-electron chi connectivity index (χ3n) is 2.80. The average molecular weight is 341 g/mol. The number of hydrogen-bond acceptors (Lipinski definition) is 4. The Kier molecular flexibility index (Phi) is 5.41. The molecule has 1 unspecified atom stereocenters. The number of sulfonamides is 1. The van der Waals surface area contributed by atoms with Crippen molar-refractivity contribution in [1.82, 2.24) is 4.72 Å². The number of carboxylic acid groups (broad SMARTS) is 1. The molecular weight excluding hydrogens is 327 g/mol. The van der Waals surface area contributed by atoms with Crippen LogP contribution in [0.25, 0.3) is 0 Å². The van der Waals surface area contributed by atoms with Crippen LogP contribution < -0.4 is 9.46 Å². The number of benzene rings is 1. The first-order chi connectivity index (χ1) is 10.0. The van der Waals surface area contributed by atoms with Gasteiger partial charge in [0, 0.05) is 0 Å². The molecule has 0 spiro atoms. The molecule has 22 heavy (non-hydrogen) atoms. The predicted octanol–water partition coefficient (Wildman–Crippen LogP) is 1.61. The van der Waals surface area contributed by atoms with Crippen molar-refractivity contribution in [3.8, 4) is 5.75 Å². The second-order valence-corrected chi connectivity index (χ2v) is 6.32. The molecule has 0 aliphatic heterocycles. The van der Waals surface area contributed by atoms with Crippen molar-refractivity contribution in [1.29, 1.82) is 0 Å². The first-order valence-electron chi connectivity index (χ1n) is 5.90. The van der Waals surface area contributed by atoms with E-state index >= 15 is 0 Å². The van der Waals surface area contributed by atoms with Gasteiger partial charge in [-0.05, 0) is 19.1 Å². The highest BCUT2D eigenvalue weighted by Gasteiger charge is 2.42. The SMILES string of the molecule is COc1cccc(S(=O)(=O)NC(C)(CC(=O)O)C(F)F)c1F. The van der Waals surface area contributed by atoms with Gasteiger partial charge < -0.3 is 9.84 Å². The lowest BCUT2D eigenvalue weighted by Crippen LogP contribution is -2.52. The third-order valence-corrected chi connectivity index (χ3v) is 4.43. The molecule has 124 valence electrons. The number of hydrogen-bond donors (Lipinski definition) is 2. The van der Waals surface area contributed by atoms with Crippen LogP contribution in [0.4, 0.5) is 13.2 Å². The van der Waals surface area contributed by atoms with Crippen molar-refractivity contribution in [3.05, 3.63) is 24.0 Å². The van der Waals surface area contributed by atoms with E-state index in [-0.39, 0.29) is 5.75 Å². The molecule has 6 nitrogen and oxygen atoms in total. The van der Waals surface area contributed by atoms with Gasteiger partial charge in [0.1, 0.15) is 10.4 Å². The summed E-state index contributed by atoms with van der Waals surface area (Å²) in [7, 11) is -3.61. The van der Waals surface area contributed by atoms with E-state index < -0.39 is 45.1 Å². The summed E-state index contributed by atoms with van der Waals surface area (Å²) in [5.41, 5.74) is -2.58. The third kappa shape index (κ3) is 3.89. The van der Waals surface area contributed by atoms with E-state index in [0.717, 1.165) is 32.2 Å². The quantitative estimate of drug-likeness (QED) is 0.786. The van der Waals surface area contributed by atoms with E-state index in [2.05, 4.69) is 4.74 Å². The summed E-state index contributed by atoms with van der Waals surface area (Å²) in [5.74, 6) is -3.28. The molecule has 0 saturated carbocycles. The summed E-state index contributed by atoms with van der Waals surface area (Å²) in [6.07, 6.45) is -4.48. The summed E-state index contributed by atoms with van der Waals surface area (Å²) in [6, 6.07) is 3.16. The van der Waals surface area contributed by atoms with E-state index in [4.69, 9.17) is 5.11 Å². The average Bonchev–Trinajstić information content (AvgIpc) is 2.36. The summed E-state index contributed by atoms with van der Waals surface area (Å²) in [4.78, 5) is 9.73. The molecule has 1 aromatic carbocycles. The van der Waals surface area contributed by atoms with Gasteiger partial charge in [0.2, 0.25) is 10.0 Å². The molecule has 0 aliphatic carbocycles. The number of aliphatic carboxylic acids is 1.